The van der Waals surface area contributed by atoms with E-state index in [9.17, 15) is 0 Å². The van der Waals surface area contributed by atoms with Crippen LogP contribution in [0.25, 0.3) is 0 Å². The summed E-state index contributed by atoms with van der Waals surface area (Å²) in [6.07, 6.45) is 13.2. The number of piperidine rings is 1. The van der Waals surface area contributed by atoms with Crippen molar-refractivity contribution in [2.24, 2.45) is 10.8 Å². The quantitative estimate of drug-likeness (QED) is 0.715. The molecular weight excluding hydrogens is 222 g/mol. The highest BCUT2D eigenvalue weighted by Crippen LogP contribution is 2.46. The molecular formula is C16H21NO. The van der Waals surface area contributed by atoms with Gasteiger partial charge in [0.25, 0.3) is 0 Å². The Morgan fingerprint density at radius 3 is 2.72 bits per heavy atom. The van der Waals surface area contributed by atoms with Crippen LogP contribution in [0.1, 0.15) is 19.8 Å². The number of hydrogen-bond acceptors (Lipinski definition) is 2. The lowest BCUT2D eigenvalue weighted by Gasteiger charge is -2.33. The fourth-order valence-corrected chi connectivity index (χ4v) is 3.06. The summed E-state index contributed by atoms with van der Waals surface area (Å²) in [5.74, 6) is 1.07. The summed E-state index contributed by atoms with van der Waals surface area (Å²) in [5, 5.41) is 3.44. The number of ether oxygens (including phenoxy) is 1. The van der Waals surface area contributed by atoms with E-state index >= 15 is 0 Å². The number of fused-ring (bicyclic) bond motifs is 1. The predicted octanol–water partition coefficient (Wildman–Crippen LogP) is 2.96. The van der Waals surface area contributed by atoms with E-state index in [2.05, 4.69) is 43.1 Å². The topological polar surface area (TPSA) is 21.3 Å². The fourth-order valence-electron chi connectivity index (χ4n) is 3.06. The number of hydrogen-bond donors (Lipinski definition) is 1. The Morgan fingerprint density at radius 2 is 2.00 bits per heavy atom. The minimum Gasteiger partial charge on any atom is -0.492 e. The van der Waals surface area contributed by atoms with E-state index in [0.717, 1.165) is 25.5 Å². The normalized spacial score (nSPS) is 33.2. The molecule has 1 spiro atoms. The Morgan fingerprint density at radius 1 is 1.28 bits per heavy atom. The predicted molar refractivity (Wildman–Crippen MR) is 74.1 cm³/mol. The maximum atomic E-state index is 5.95. The third-order valence-electron chi connectivity index (χ3n) is 4.54. The molecule has 96 valence electrons. The van der Waals surface area contributed by atoms with Crippen LogP contribution in [0.4, 0.5) is 0 Å². The Balaban J connectivity index is 1.97. The molecule has 2 heteroatoms. The van der Waals surface area contributed by atoms with Crippen LogP contribution in [0.3, 0.4) is 0 Å². The van der Waals surface area contributed by atoms with E-state index in [4.69, 9.17) is 4.74 Å². The van der Waals surface area contributed by atoms with Crippen LogP contribution in [-0.4, -0.2) is 19.7 Å². The van der Waals surface area contributed by atoms with Crippen molar-refractivity contribution in [3.63, 3.8) is 0 Å². The Hall–Kier alpha value is -1.28. The van der Waals surface area contributed by atoms with Gasteiger partial charge < -0.3 is 10.1 Å². The lowest BCUT2D eigenvalue weighted by Crippen LogP contribution is -2.38. The zero-order valence-electron chi connectivity index (χ0n) is 11.0. The molecule has 1 aliphatic carbocycles. The van der Waals surface area contributed by atoms with Crippen LogP contribution in [0.15, 0.2) is 48.3 Å². The van der Waals surface area contributed by atoms with Gasteiger partial charge in [0.2, 0.25) is 0 Å². The SMILES string of the molecule is C=CC1(C)C=CC2=C(C=C1)C1(CCNCC1)CO2. The van der Waals surface area contributed by atoms with E-state index in [1.165, 1.54) is 18.4 Å². The molecule has 0 aromatic heterocycles. The van der Waals surface area contributed by atoms with Gasteiger partial charge in [-0.05, 0) is 38.9 Å². The van der Waals surface area contributed by atoms with Crippen molar-refractivity contribution in [2.45, 2.75) is 19.8 Å². The van der Waals surface area contributed by atoms with Crippen molar-refractivity contribution in [1.82, 2.24) is 5.32 Å². The van der Waals surface area contributed by atoms with E-state index in [-0.39, 0.29) is 10.8 Å². The first-order chi connectivity index (χ1) is 8.68. The van der Waals surface area contributed by atoms with E-state index < -0.39 is 0 Å². The number of nitrogens with one attached hydrogen (secondary N) is 1. The third kappa shape index (κ3) is 1.76. The van der Waals surface area contributed by atoms with Gasteiger partial charge in [-0.1, -0.05) is 24.3 Å². The van der Waals surface area contributed by atoms with Crippen LogP contribution in [0, 0.1) is 10.8 Å². The Labute approximate surface area is 109 Å². The first kappa shape index (κ1) is 11.8. The van der Waals surface area contributed by atoms with Crippen molar-refractivity contribution in [1.29, 1.82) is 0 Å². The fraction of sp³-hybridized carbons (Fsp3) is 0.500. The van der Waals surface area contributed by atoms with Gasteiger partial charge in [0, 0.05) is 16.4 Å². The molecule has 3 rings (SSSR count). The molecule has 18 heavy (non-hydrogen) atoms. The summed E-state index contributed by atoms with van der Waals surface area (Å²) in [7, 11) is 0. The van der Waals surface area contributed by atoms with Crippen LogP contribution < -0.4 is 5.32 Å². The summed E-state index contributed by atoms with van der Waals surface area (Å²) in [6.45, 7) is 9.13. The zero-order chi connectivity index (χ0) is 12.6. The van der Waals surface area contributed by atoms with Gasteiger partial charge in [-0.15, -0.1) is 6.58 Å². The first-order valence-corrected chi connectivity index (χ1v) is 6.78. The van der Waals surface area contributed by atoms with Gasteiger partial charge in [-0.2, -0.15) is 0 Å². The molecule has 0 aromatic carbocycles. The second kappa shape index (κ2) is 4.13. The molecule has 2 aliphatic heterocycles. The van der Waals surface area contributed by atoms with Crippen molar-refractivity contribution in [2.75, 3.05) is 19.7 Å². The Bertz CT molecular complexity index is 452. The number of rotatable bonds is 1. The molecule has 2 nitrogen and oxygen atoms in total. The van der Waals surface area contributed by atoms with E-state index in [1.54, 1.807) is 0 Å². The third-order valence-corrected chi connectivity index (χ3v) is 4.54. The van der Waals surface area contributed by atoms with Gasteiger partial charge in [-0.25, -0.2) is 0 Å². The van der Waals surface area contributed by atoms with E-state index in [1.807, 2.05) is 6.08 Å². The standard InChI is InChI=1S/C16H21NO/c1-3-15(2)6-4-13-14(5-7-15)18-12-16(13)8-10-17-11-9-16/h3-7,17H,1,8-12H2,2H3. The highest BCUT2D eigenvalue weighted by molar-refractivity contribution is 5.44. The van der Waals surface area contributed by atoms with Crippen LogP contribution in [0.2, 0.25) is 0 Å². The Kier molecular flexibility index (Phi) is 2.70. The molecule has 1 N–H and O–H groups in total. The van der Waals surface area contributed by atoms with Crippen LogP contribution >= 0.6 is 0 Å². The van der Waals surface area contributed by atoms with Gasteiger partial charge in [0.1, 0.15) is 5.76 Å². The first-order valence-electron chi connectivity index (χ1n) is 6.78. The molecule has 2 heterocycles. The van der Waals surface area contributed by atoms with Crippen molar-refractivity contribution >= 4 is 0 Å². The van der Waals surface area contributed by atoms with Gasteiger partial charge in [0.15, 0.2) is 0 Å². The van der Waals surface area contributed by atoms with Crippen LogP contribution in [-0.2, 0) is 4.74 Å². The number of allylic oxidation sites excluding steroid dienone is 5. The van der Waals surface area contributed by atoms with Gasteiger partial charge in [0.05, 0.1) is 6.61 Å². The molecule has 1 unspecified atom stereocenters. The molecule has 0 aromatic rings. The lowest BCUT2D eigenvalue weighted by atomic mass is 9.74. The minimum atomic E-state index is -0.0538. The van der Waals surface area contributed by atoms with Gasteiger partial charge >= 0.3 is 0 Å². The maximum absolute atomic E-state index is 5.95. The second-order valence-corrected chi connectivity index (χ2v) is 5.83. The van der Waals surface area contributed by atoms with Crippen LogP contribution in [0.5, 0.6) is 0 Å². The summed E-state index contributed by atoms with van der Waals surface area (Å²) < 4.78 is 5.95. The molecule has 0 radical (unpaired) electrons. The molecule has 0 bridgehead atoms. The minimum absolute atomic E-state index is 0.0538. The molecule has 1 atom stereocenters. The van der Waals surface area contributed by atoms with Gasteiger partial charge in [-0.3, -0.25) is 0 Å². The summed E-state index contributed by atoms with van der Waals surface area (Å²) in [5.41, 5.74) is 1.58. The highest BCUT2D eigenvalue weighted by atomic mass is 16.5. The molecule has 1 fully saturated rings. The smallest absolute Gasteiger partial charge is 0.122 e. The van der Waals surface area contributed by atoms with Crippen molar-refractivity contribution < 1.29 is 4.74 Å². The molecule has 0 saturated carbocycles. The summed E-state index contributed by atoms with van der Waals surface area (Å²) in [4.78, 5) is 0. The zero-order valence-corrected chi connectivity index (χ0v) is 11.0. The summed E-state index contributed by atoms with van der Waals surface area (Å²) in [6, 6.07) is 0. The maximum Gasteiger partial charge on any atom is 0.122 e. The molecule has 1 saturated heterocycles. The van der Waals surface area contributed by atoms with E-state index in [0.29, 0.717) is 0 Å². The van der Waals surface area contributed by atoms with Crippen molar-refractivity contribution in [3.05, 3.63) is 48.3 Å². The molecule has 3 aliphatic rings. The largest absolute Gasteiger partial charge is 0.492 e. The average molecular weight is 243 g/mol. The lowest BCUT2D eigenvalue weighted by molar-refractivity contribution is 0.140. The highest BCUT2D eigenvalue weighted by Gasteiger charge is 2.42. The molecule has 0 amide bonds. The summed E-state index contributed by atoms with van der Waals surface area (Å²) >= 11 is 0. The average Bonchev–Trinajstić information content (AvgIpc) is 2.62. The monoisotopic (exact) mass is 243 g/mol. The van der Waals surface area contributed by atoms with Crippen molar-refractivity contribution in [3.8, 4) is 0 Å². The second-order valence-electron chi connectivity index (χ2n) is 5.83.